The number of pyridine rings is 1. The largest absolute Gasteiger partial charge is 0.497 e. The summed E-state index contributed by atoms with van der Waals surface area (Å²) >= 11 is 0. The van der Waals surface area contributed by atoms with Crippen LogP contribution in [-0.2, 0) is 4.74 Å². The number of hydrogen-bond acceptors (Lipinski definition) is 6. The average Bonchev–Trinajstić information content (AvgIpc) is 3.06. The summed E-state index contributed by atoms with van der Waals surface area (Å²) in [4.78, 5) is 31.7. The van der Waals surface area contributed by atoms with Crippen LogP contribution in [-0.4, -0.2) is 30.6 Å². The number of nitrogens with one attached hydrogen (secondary N) is 1. The number of methoxy groups -OCH3 is 1. The van der Waals surface area contributed by atoms with Gasteiger partial charge in [-0.25, -0.2) is 4.79 Å². The number of benzene rings is 2. The van der Waals surface area contributed by atoms with Crippen molar-refractivity contribution in [3.05, 3.63) is 83.7 Å². The molecular weight excluding hydrogens is 382 g/mol. The number of carbonyl (C=O) groups is 2. The lowest BCUT2D eigenvalue weighted by molar-refractivity contribution is 0.0527. The molecule has 152 valence electrons. The van der Waals surface area contributed by atoms with E-state index in [1.807, 2.05) is 18.2 Å². The molecule has 7 nitrogen and oxygen atoms in total. The maximum atomic E-state index is 13.2. The fourth-order valence-electron chi connectivity index (χ4n) is 3.47. The fraction of sp³-hybridized carbons (Fsp3) is 0.174. The van der Waals surface area contributed by atoms with Crippen molar-refractivity contribution < 1.29 is 19.1 Å². The first-order chi connectivity index (χ1) is 14.6. The van der Waals surface area contributed by atoms with Gasteiger partial charge in [0.15, 0.2) is 6.17 Å². The molecule has 0 saturated heterocycles. The van der Waals surface area contributed by atoms with E-state index in [0.717, 1.165) is 0 Å². The highest BCUT2D eigenvalue weighted by Gasteiger charge is 2.39. The number of amides is 1. The number of nitrogens with zero attached hydrogens (tertiary/aromatic N) is 2. The van der Waals surface area contributed by atoms with Gasteiger partial charge in [-0.15, -0.1) is 0 Å². The van der Waals surface area contributed by atoms with E-state index in [1.54, 1.807) is 67.6 Å². The molecule has 1 aromatic heterocycles. The minimum absolute atomic E-state index is 0.172. The Kier molecular flexibility index (Phi) is 5.34. The van der Waals surface area contributed by atoms with E-state index in [1.165, 1.54) is 0 Å². The highest BCUT2D eigenvalue weighted by Crippen LogP contribution is 2.38. The lowest BCUT2D eigenvalue weighted by Gasteiger charge is -2.27. The van der Waals surface area contributed by atoms with E-state index in [9.17, 15) is 9.59 Å². The van der Waals surface area contributed by atoms with Crippen molar-refractivity contribution in [2.24, 2.45) is 0 Å². The molecule has 3 aromatic rings. The van der Waals surface area contributed by atoms with Gasteiger partial charge in [-0.05, 0) is 55.5 Å². The Morgan fingerprint density at radius 3 is 2.60 bits per heavy atom. The average molecular weight is 403 g/mol. The number of hydrogen-bond donors (Lipinski definition) is 1. The Labute approximate surface area is 174 Å². The number of anilines is 2. The molecule has 1 N–H and O–H groups in total. The molecule has 0 aliphatic carbocycles. The predicted molar refractivity (Wildman–Crippen MR) is 113 cm³/mol. The standard InChI is InChI=1S/C23H21N3O4/c1-3-30-23(28)17-7-4-5-9-19(17)25-21-20-18(8-6-14-24-20)22(27)26(21)15-10-12-16(29-2)13-11-15/h4-14,21,25H,3H2,1-2H3. The summed E-state index contributed by atoms with van der Waals surface area (Å²) in [6.07, 6.45) is 1.06. The van der Waals surface area contributed by atoms with Crippen molar-refractivity contribution in [3.8, 4) is 5.75 Å². The summed E-state index contributed by atoms with van der Waals surface area (Å²) in [5, 5.41) is 3.32. The molecule has 1 amide bonds. The van der Waals surface area contributed by atoms with E-state index < -0.39 is 12.1 Å². The van der Waals surface area contributed by atoms with Crippen LogP contribution in [0.3, 0.4) is 0 Å². The molecule has 30 heavy (non-hydrogen) atoms. The summed E-state index contributed by atoms with van der Waals surface area (Å²) < 4.78 is 10.4. The number of fused-ring (bicyclic) bond motifs is 1. The molecule has 7 heteroatoms. The third kappa shape index (κ3) is 3.45. The van der Waals surface area contributed by atoms with Crippen molar-refractivity contribution in [2.45, 2.75) is 13.1 Å². The number of esters is 1. The van der Waals surface area contributed by atoms with Gasteiger partial charge >= 0.3 is 5.97 Å². The SMILES string of the molecule is CCOC(=O)c1ccccc1NC1c2ncccc2C(=O)N1c1ccc(OC)cc1. The molecule has 1 aliphatic heterocycles. The van der Waals surface area contributed by atoms with Gasteiger partial charge in [0.2, 0.25) is 0 Å². The van der Waals surface area contributed by atoms with Gasteiger partial charge in [-0.1, -0.05) is 12.1 Å². The van der Waals surface area contributed by atoms with Gasteiger partial charge < -0.3 is 14.8 Å². The molecule has 2 aromatic carbocycles. The second kappa shape index (κ2) is 8.24. The first-order valence-electron chi connectivity index (χ1n) is 9.59. The monoisotopic (exact) mass is 403 g/mol. The number of aromatic nitrogens is 1. The van der Waals surface area contributed by atoms with E-state index in [2.05, 4.69) is 10.3 Å². The molecular formula is C23H21N3O4. The summed E-state index contributed by atoms with van der Waals surface area (Å²) in [5.74, 6) is 0.0924. The lowest BCUT2D eigenvalue weighted by atomic mass is 10.1. The number of rotatable bonds is 6. The summed E-state index contributed by atoms with van der Waals surface area (Å²) in [5.41, 5.74) is 2.75. The lowest BCUT2D eigenvalue weighted by Crippen LogP contribution is -2.32. The molecule has 0 bridgehead atoms. The van der Waals surface area contributed by atoms with Crippen molar-refractivity contribution >= 4 is 23.3 Å². The normalized spacial score (nSPS) is 14.9. The molecule has 1 aliphatic rings. The minimum Gasteiger partial charge on any atom is -0.497 e. The second-order valence-electron chi connectivity index (χ2n) is 6.62. The van der Waals surface area contributed by atoms with E-state index in [4.69, 9.17) is 9.47 Å². The van der Waals surface area contributed by atoms with Gasteiger partial charge in [-0.3, -0.25) is 14.7 Å². The van der Waals surface area contributed by atoms with E-state index in [-0.39, 0.29) is 12.5 Å². The quantitative estimate of drug-likeness (QED) is 0.626. The Balaban J connectivity index is 1.76. The van der Waals surface area contributed by atoms with E-state index >= 15 is 0 Å². The van der Waals surface area contributed by atoms with Gasteiger partial charge in [0.1, 0.15) is 5.75 Å². The number of carbonyl (C=O) groups excluding carboxylic acids is 2. The molecule has 1 unspecified atom stereocenters. The van der Waals surface area contributed by atoms with Crippen LogP contribution in [0.15, 0.2) is 66.9 Å². The molecule has 0 saturated carbocycles. The van der Waals surface area contributed by atoms with Crippen LogP contribution >= 0.6 is 0 Å². The topological polar surface area (TPSA) is 80.8 Å². The Morgan fingerprint density at radius 1 is 1.10 bits per heavy atom. The summed E-state index contributed by atoms with van der Waals surface area (Å²) in [7, 11) is 1.59. The third-order valence-corrected chi connectivity index (χ3v) is 4.87. The second-order valence-corrected chi connectivity index (χ2v) is 6.62. The maximum absolute atomic E-state index is 13.2. The third-order valence-electron chi connectivity index (χ3n) is 4.87. The Bertz CT molecular complexity index is 1080. The molecule has 0 spiro atoms. The highest BCUT2D eigenvalue weighted by molar-refractivity contribution is 6.11. The molecule has 1 atom stereocenters. The van der Waals surface area contributed by atoms with Crippen LogP contribution in [0.1, 0.15) is 39.5 Å². The number of ether oxygens (including phenoxy) is 2. The molecule has 0 radical (unpaired) electrons. The van der Waals surface area contributed by atoms with Gasteiger partial charge in [-0.2, -0.15) is 0 Å². The van der Waals surface area contributed by atoms with Crippen LogP contribution in [0.5, 0.6) is 5.75 Å². The van der Waals surface area contributed by atoms with Crippen LogP contribution in [0, 0.1) is 0 Å². The maximum Gasteiger partial charge on any atom is 0.340 e. The van der Waals surface area contributed by atoms with Crippen molar-refractivity contribution in [1.82, 2.24) is 4.98 Å². The minimum atomic E-state index is -0.585. The summed E-state index contributed by atoms with van der Waals surface area (Å²) in [6.45, 7) is 2.03. The van der Waals surface area contributed by atoms with Crippen molar-refractivity contribution in [2.75, 3.05) is 23.9 Å². The zero-order valence-corrected chi connectivity index (χ0v) is 16.7. The zero-order chi connectivity index (χ0) is 21.1. The number of para-hydroxylation sites is 1. The van der Waals surface area contributed by atoms with Crippen LogP contribution in [0.4, 0.5) is 11.4 Å². The zero-order valence-electron chi connectivity index (χ0n) is 16.7. The predicted octanol–water partition coefficient (Wildman–Crippen LogP) is 4.04. The van der Waals surface area contributed by atoms with Gasteiger partial charge in [0.25, 0.3) is 5.91 Å². The van der Waals surface area contributed by atoms with E-state index in [0.29, 0.717) is 33.9 Å². The van der Waals surface area contributed by atoms with Gasteiger partial charge in [0, 0.05) is 11.9 Å². The van der Waals surface area contributed by atoms with Crippen molar-refractivity contribution in [3.63, 3.8) is 0 Å². The fourth-order valence-corrected chi connectivity index (χ4v) is 3.47. The molecule has 4 rings (SSSR count). The first-order valence-corrected chi connectivity index (χ1v) is 9.59. The Hall–Kier alpha value is -3.87. The van der Waals surface area contributed by atoms with Crippen LogP contribution < -0.4 is 15.0 Å². The van der Waals surface area contributed by atoms with Gasteiger partial charge in [0.05, 0.1) is 36.2 Å². The smallest absolute Gasteiger partial charge is 0.340 e. The van der Waals surface area contributed by atoms with Crippen LogP contribution in [0.25, 0.3) is 0 Å². The molecule has 2 heterocycles. The Morgan fingerprint density at radius 2 is 1.87 bits per heavy atom. The first kappa shape index (κ1) is 19.4. The summed E-state index contributed by atoms with van der Waals surface area (Å²) in [6, 6.07) is 17.8. The molecule has 0 fully saturated rings. The highest BCUT2D eigenvalue weighted by atomic mass is 16.5. The van der Waals surface area contributed by atoms with Crippen LogP contribution in [0.2, 0.25) is 0 Å². The van der Waals surface area contributed by atoms with Crippen molar-refractivity contribution in [1.29, 1.82) is 0 Å².